The van der Waals surface area contributed by atoms with E-state index in [1.54, 1.807) is 0 Å². The number of nitrogen functional groups attached to an aromatic ring is 1. The number of hydrogen-bond donors (Lipinski definition) is 2. The minimum Gasteiger partial charge on any atom is -0.374 e. The minimum atomic E-state index is -0.305. The first-order chi connectivity index (χ1) is 14.5. The summed E-state index contributed by atoms with van der Waals surface area (Å²) in [6.45, 7) is 1.93. The molecule has 0 fully saturated rings. The van der Waals surface area contributed by atoms with E-state index in [2.05, 4.69) is 15.5 Å². The first kappa shape index (κ1) is 20.5. The van der Waals surface area contributed by atoms with Crippen LogP contribution in [0, 0.1) is 0 Å². The van der Waals surface area contributed by atoms with E-state index in [-0.39, 0.29) is 17.6 Å². The molecule has 1 aromatic heterocycles. The number of hydrogen-bond acceptors (Lipinski definition) is 8. The number of aliphatic imine (C=N–C) groups is 2. The quantitative estimate of drug-likeness (QED) is 0.558. The van der Waals surface area contributed by atoms with E-state index in [9.17, 15) is 4.79 Å². The van der Waals surface area contributed by atoms with Gasteiger partial charge < -0.3 is 11.1 Å². The second kappa shape index (κ2) is 8.95. The summed E-state index contributed by atoms with van der Waals surface area (Å²) in [6, 6.07) is 15.1. The molecule has 3 N–H and O–H groups in total. The minimum absolute atomic E-state index is 0.166. The lowest BCUT2D eigenvalue weighted by Crippen LogP contribution is -2.38. The molecule has 0 aliphatic carbocycles. The SMILES string of the molecule is CC1=Nc2ccccc2N=C(NC(=O)CSc2nnc(N)s2)C1c1ccc(Cl)cc1. The van der Waals surface area contributed by atoms with E-state index < -0.39 is 0 Å². The van der Waals surface area contributed by atoms with Crippen LogP contribution in [0.1, 0.15) is 18.4 Å². The highest BCUT2D eigenvalue weighted by atomic mass is 35.5. The summed E-state index contributed by atoms with van der Waals surface area (Å²) in [5.41, 5.74) is 8.82. The number of fused-ring (bicyclic) bond motifs is 1. The highest BCUT2D eigenvalue weighted by molar-refractivity contribution is 8.01. The third-order valence-corrected chi connectivity index (χ3v) is 6.47. The summed E-state index contributed by atoms with van der Waals surface area (Å²) in [6.07, 6.45) is 0. The average Bonchev–Trinajstić information content (AvgIpc) is 3.08. The Morgan fingerprint density at radius 3 is 2.50 bits per heavy atom. The van der Waals surface area contributed by atoms with Crippen LogP contribution < -0.4 is 11.1 Å². The van der Waals surface area contributed by atoms with Crippen LogP contribution in [0.2, 0.25) is 5.02 Å². The maximum absolute atomic E-state index is 12.7. The number of rotatable bonds is 4. The van der Waals surface area contributed by atoms with E-state index in [0.29, 0.717) is 26.0 Å². The molecular formula is C20H17ClN6OS2. The number of thioether (sulfide) groups is 1. The molecule has 3 aromatic rings. The fourth-order valence-corrected chi connectivity index (χ4v) is 4.60. The van der Waals surface area contributed by atoms with Crippen LogP contribution >= 0.6 is 34.7 Å². The zero-order valence-electron chi connectivity index (χ0n) is 15.9. The Morgan fingerprint density at radius 1 is 1.13 bits per heavy atom. The third-order valence-electron chi connectivity index (χ3n) is 4.33. The number of anilines is 1. The number of aromatic nitrogens is 2. The number of amides is 1. The molecule has 1 aliphatic rings. The molecule has 1 atom stereocenters. The third kappa shape index (κ3) is 4.69. The highest BCUT2D eigenvalue weighted by Crippen LogP contribution is 2.34. The average molecular weight is 457 g/mol. The molecule has 152 valence electrons. The summed E-state index contributed by atoms with van der Waals surface area (Å²) < 4.78 is 0.641. The van der Waals surface area contributed by atoms with Gasteiger partial charge in [-0.2, -0.15) is 0 Å². The Kier molecular flexibility index (Phi) is 6.12. The van der Waals surface area contributed by atoms with Crippen LogP contribution in [0.5, 0.6) is 0 Å². The second-order valence-electron chi connectivity index (χ2n) is 6.47. The van der Waals surface area contributed by atoms with Crippen molar-refractivity contribution in [2.24, 2.45) is 9.98 Å². The molecule has 0 saturated carbocycles. The van der Waals surface area contributed by atoms with Crippen molar-refractivity contribution >= 4 is 68.7 Å². The van der Waals surface area contributed by atoms with Crippen LogP contribution in [-0.4, -0.2) is 33.4 Å². The van der Waals surface area contributed by atoms with Crippen molar-refractivity contribution < 1.29 is 4.79 Å². The Hall–Kier alpha value is -2.75. The van der Waals surface area contributed by atoms with Crippen molar-refractivity contribution in [3.63, 3.8) is 0 Å². The van der Waals surface area contributed by atoms with Gasteiger partial charge >= 0.3 is 0 Å². The monoisotopic (exact) mass is 456 g/mol. The van der Waals surface area contributed by atoms with Gasteiger partial charge in [0.05, 0.1) is 23.0 Å². The zero-order valence-corrected chi connectivity index (χ0v) is 18.3. The molecule has 10 heteroatoms. The van der Waals surface area contributed by atoms with Gasteiger partial charge in [-0.15, -0.1) is 10.2 Å². The Morgan fingerprint density at radius 2 is 1.83 bits per heavy atom. The van der Waals surface area contributed by atoms with Crippen LogP contribution in [-0.2, 0) is 4.79 Å². The van der Waals surface area contributed by atoms with Crippen LogP contribution in [0.15, 0.2) is 62.9 Å². The predicted molar refractivity (Wildman–Crippen MR) is 124 cm³/mol. The Balaban J connectivity index is 1.63. The topological polar surface area (TPSA) is 106 Å². The van der Waals surface area contributed by atoms with Crippen molar-refractivity contribution in [3.8, 4) is 0 Å². The molecule has 0 spiro atoms. The Bertz CT molecular complexity index is 1140. The van der Waals surface area contributed by atoms with Gasteiger partial charge in [-0.25, -0.2) is 4.99 Å². The van der Waals surface area contributed by atoms with Gasteiger partial charge in [-0.1, -0.05) is 59.0 Å². The molecule has 2 aromatic carbocycles. The second-order valence-corrected chi connectivity index (χ2v) is 9.13. The lowest BCUT2D eigenvalue weighted by molar-refractivity contribution is -0.117. The van der Waals surface area contributed by atoms with Gasteiger partial charge in [0, 0.05) is 10.7 Å². The number of amidine groups is 1. The van der Waals surface area contributed by atoms with Gasteiger partial charge in [0.2, 0.25) is 11.0 Å². The fourth-order valence-electron chi connectivity index (χ4n) is 3.04. The number of halogens is 1. The largest absolute Gasteiger partial charge is 0.374 e. The lowest BCUT2D eigenvalue weighted by Gasteiger charge is -2.19. The summed E-state index contributed by atoms with van der Waals surface area (Å²) in [5.74, 6) is 0.184. The van der Waals surface area contributed by atoms with Gasteiger partial charge in [0.15, 0.2) is 4.34 Å². The maximum atomic E-state index is 12.7. The normalized spacial score (nSPS) is 15.6. The fraction of sp³-hybridized carbons (Fsp3) is 0.150. The van der Waals surface area contributed by atoms with E-state index in [1.165, 1.54) is 23.1 Å². The molecule has 1 amide bonds. The first-order valence-corrected chi connectivity index (χ1v) is 11.2. The van der Waals surface area contributed by atoms with Crippen molar-refractivity contribution in [1.29, 1.82) is 0 Å². The Labute approximate surface area is 186 Å². The molecule has 30 heavy (non-hydrogen) atoms. The molecule has 7 nitrogen and oxygen atoms in total. The summed E-state index contributed by atoms with van der Waals surface area (Å²) >= 11 is 8.59. The van der Waals surface area contributed by atoms with E-state index in [1.807, 2.05) is 55.5 Å². The van der Waals surface area contributed by atoms with Crippen molar-refractivity contribution in [1.82, 2.24) is 15.5 Å². The number of nitrogens with zero attached hydrogens (tertiary/aromatic N) is 4. The number of carbonyl (C=O) groups is 1. The summed E-state index contributed by atoms with van der Waals surface area (Å²) in [7, 11) is 0. The summed E-state index contributed by atoms with van der Waals surface area (Å²) in [5, 5.41) is 11.7. The standard InChI is InChI=1S/C20H17ClN6OS2/c1-11-17(12-6-8-13(21)9-7-12)18(24-15-5-3-2-4-14(15)23-11)25-16(28)10-29-20-27-26-19(22)30-20/h2-9,17H,10H2,1H3,(H2,22,26)(H,24,25,28). The van der Waals surface area contributed by atoms with Gasteiger partial charge in [-0.3, -0.25) is 9.79 Å². The van der Waals surface area contributed by atoms with Crippen LogP contribution in [0.4, 0.5) is 16.5 Å². The van der Waals surface area contributed by atoms with Crippen molar-refractivity contribution in [3.05, 3.63) is 59.1 Å². The molecule has 1 aliphatic heterocycles. The van der Waals surface area contributed by atoms with Crippen molar-refractivity contribution in [2.75, 3.05) is 11.5 Å². The van der Waals surface area contributed by atoms with Gasteiger partial charge in [0.25, 0.3) is 0 Å². The van der Waals surface area contributed by atoms with Crippen molar-refractivity contribution in [2.45, 2.75) is 17.2 Å². The number of carbonyl (C=O) groups excluding carboxylic acids is 1. The molecule has 0 radical (unpaired) electrons. The molecule has 4 rings (SSSR count). The molecule has 2 heterocycles. The van der Waals surface area contributed by atoms with Crippen LogP contribution in [0.3, 0.4) is 0 Å². The smallest absolute Gasteiger partial charge is 0.235 e. The van der Waals surface area contributed by atoms with E-state index in [4.69, 9.17) is 27.3 Å². The van der Waals surface area contributed by atoms with Crippen LogP contribution in [0.25, 0.3) is 0 Å². The number of nitrogens with two attached hydrogens (primary N) is 1. The van der Waals surface area contributed by atoms with Gasteiger partial charge in [-0.05, 0) is 36.8 Å². The highest BCUT2D eigenvalue weighted by Gasteiger charge is 2.26. The maximum Gasteiger partial charge on any atom is 0.235 e. The number of para-hydroxylation sites is 2. The lowest BCUT2D eigenvalue weighted by atomic mass is 9.93. The number of nitrogens with one attached hydrogen (secondary N) is 1. The summed E-state index contributed by atoms with van der Waals surface area (Å²) in [4.78, 5) is 22.2. The molecule has 0 bridgehead atoms. The van der Waals surface area contributed by atoms with E-state index >= 15 is 0 Å². The van der Waals surface area contributed by atoms with E-state index in [0.717, 1.165) is 17.0 Å². The molecular weight excluding hydrogens is 440 g/mol. The zero-order chi connectivity index (χ0) is 21.1. The molecule has 0 saturated heterocycles. The number of benzene rings is 2. The predicted octanol–water partition coefficient (Wildman–Crippen LogP) is 4.60. The first-order valence-electron chi connectivity index (χ1n) is 8.99. The molecule has 1 unspecified atom stereocenters. The van der Waals surface area contributed by atoms with Gasteiger partial charge in [0.1, 0.15) is 5.84 Å².